The molecule has 0 atom stereocenters. The molecule has 23 heavy (non-hydrogen) atoms. The Balaban J connectivity index is 1.90. The highest BCUT2D eigenvalue weighted by atomic mass is 16.5. The summed E-state index contributed by atoms with van der Waals surface area (Å²) in [6.45, 7) is 8.21. The molecule has 1 fully saturated rings. The molecular formula is C18H29N3O2. The molecule has 0 unspecified atom stereocenters. The zero-order valence-electron chi connectivity index (χ0n) is 14.3. The molecule has 1 amide bonds. The molecule has 5 heteroatoms. The quantitative estimate of drug-likeness (QED) is 0.802. The van der Waals surface area contributed by atoms with E-state index in [-0.39, 0.29) is 5.91 Å². The number of benzene rings is 1. The molecule has 1 aromatic carbocycles. The summed E-state index contributed by atoms with van der Waals surface area (Å²) in [4.78, 5) is 14.8. The van der Waals surface area contributed by atoms with Crippen LogP contribution in [0.15, 0.2) is 24.3 Å². The smallest absolute Gasteiger partial charge is 0.227 e. The summed E-state index contributed by atoms with van der Waals surface area (Å²) < 4.78 is 5.36. The third-order valence-electron chi connectivity index (χ3n) is 4.83. The highest BCUT2D eigenvalue weighted by Gasteiger charge is 2.38. The second kappa shape index (κ2) is 8.31. The van der Waals surface area contributed by atoms with E-state index in [0.29, 0.717) is 39.1 Å². The number of likely N-dealkylation sites (N-methyl/N-ethyl adjacent to an activating group) is 1. The van der Waals surface area contributed by atoms with Gasteiger partial charge >= 0.3 is 0 Å². The fraction of sp³-hybridized carbons (Fsp3) is 0.611. The lowest BCUT2D eigenvalue weighted by Gasteiger charge is -2.35. The van der Waals surface area contributed by atoms with Crippen LogP contribution in [-0.2, 0) is 9.53 Å². The fourth-order valence-corrected chi connectivity index (χ4v) is 3.15. The molecule has 1 aromatic rings. The number of nitrogens with one attached hydrogen (secondary N) is 1. The van der Waals surface area contributed by atoms with Gasteiger partial charge in [0.1, 0.15) is 0 Å². The molecule has 2 rings (SSSR count). The highest BCUT2D eigenvalue weighted by molar-refractivity contribution is 5.83. The van der Waals surface area contributed by atoms with Crippen molar-refractivity contribution in [3.63, 3.8) is 0 Å². The van der Waals surface area contributed by atoms with Gasteiger partial charge in [0.2, 0.25) is 5.91 Å². The molecule has 1 aliphatic rings. The van der Waals surface area contributed by atoms with Crippen molar-refractivity contribution in [1.82, 2.24) is 5.32 Å². The Hall–Kier alpha value is -1.59. The van der Waals surface area contributed by atoms with Gasteiger partial charge < -0.3 is 20.7 Å². The third-order valence-corrected chi connectivity index (χ3v) is 4.83. The molecule has 1 aliphatic heterocycles. The van der Waals surface area contributed by atoms with Crippen molar-refractivity contribution in [3.05, 3.63) is 29.8 Å². The molecule has 1 heterocycles. The molecule has 1 saturated heterocycles. The van der Waals surface area contributed by atoms with E-state index in [1.54, 1.807) is 0 Å². The summed E-state index contributed by atoms with van der Waals surface area (Å²) >= 11 is 0. The maximum Gasteiger partial charge on any atom is 0.227 e. The lowest BCUT2D eigenvalue weighted by atomic mass is 9.79. The summed E-state index contributed by atoms with van der Waals surface area (Å²) in [5.74, 6) is 0.0733. The summed E-state index contributed by atoms with van der Waals surface area (Å²) in [5.41, 5.74) is 7.91. The van der Waals surface area contributed by atoms with Crippen molar-refractivity contribution in [1.29, 1.82) is 0 Å². The van der Waals surface area contributed by atoms with Gasteiger partial charge in [-0.3, -0.25) is 4.79 Å². The minimum Gasteiger partial charge on any atom is -0.381 e. The fourth-order valence-electron chi connectivity index (χ4n) is 3.15. The van der Waals surface area contributed by atoms with Crippen LogP contribution in [0.2, 0.25) is 0 Å². The zero-order chi connectivity index (χ0) is 16.7. The molecule has 128 valence electrons. The van der Waals surface area contributed by atoms with Gasteiger partial charge in [-0.05, 0) is 38.3 Å². The lowest BCUT2D eigenvalue weighted by molar-refractivity contribution is -0.135. The van der Waals surface area contributed by atoms with Crippen molar-refractivity contribution >= 4 is 11.6 Å². The van der Waals surface area contributed by atoms with Gasteiger partial charge in [0.25, 0.3) is 0 Å². The highest BCUT2D eigenvalue weighted by Crippen LogP contribution is 2.29. The van der Waals surface area contributed by atoms with Crippen molar-refractivity contribution in [2.75, 3.05) is 44.3 Å². The molecule has 0 aliphatic carbocycles. The monoisotopic (exact) mass is 319 g/mol. The van der Waals surface area contributed by atoms with Crippen LogP contribution >= 0.6 is 0 Å². The Labute approximate surface area is 139 Å². The molecule has 0 radical (unpaired) electrons. The van der Waals surface area contributed by atoms with Crippen molar-refractivity contribution in [2.45, 2.75) is 26.7 Å². The number of anilines is 1. The van der Waals surface area contributed by atoms with Crippen LogP contribution in [-0.4, -0.2) is 45.3 Å². The van der Waals surface area contributed by atoms with E-state index in [0.717, 1.165) is 13.1 Å². The van der Waals surface area contributed by atoms with E-state index >= 15 is 0 Å². The van der Waals surface area contributed by atoms with Gasteiger partial charge in [-0.25, -0.2) is 0 Å². The average Bonchev–Trinajstić information content (AvgIpc) is 2.60. The number of aryl methyl sites for hydroxylation is 1. The molecule has 3 N–H and O–H groups in total. The van der Waals surface area contributed by atoms with Crippen LogP contribution < -0.4 is 16.0 Å². The predicted molar refractivity (Wildman–Crippen MR) is 93.6 cm³/mol. The Kier molecular flexibility index (Phi) is 6.42. The van der Waals surface area contributed by atoms with Crippen LogP contribution in [0.5, 0.6) is 0 Å². The number of amides is 1. The van der Waals surface area contributed by atoms with E-state index in [1.165, 1.54) is 11.3 Å². The average molecular weight is 319 g/mol. The number of nitrogens with zero attached hydrogens (tertiary/aromatic N) is 1. The molecule has 0 spiro atoms. The second-order valence-electron chi connectivity index (χ2n) is 6.22. The predicted octanol–water partition coefficient (Wildman–Crippen LogP) is 1.69. The number of hydrogen-bond donors (Lipinski definition) is 2. The Morgan fingerprint density at radius 2 is 2.04 bits per heavy atom. The summed E-state index contributed by atoms with van der Waals surface area (Å²) in [6.07, 6.45) is 1.43. The normalized spacial score (nSPS) is 16.8. The van der Waals surface area contributed by atoms with Gasteiger partial charge in [-0.15, -0.1) is 0 Å². The second-order valence-corrected chi connectivity index (χ2v) is 6.22. The SMILES string of the molecule is CCN(CCNC(=O)C1(CN)CCOCC1)c1ccccc1C. The number of carbonyl (C=O) groups excluding carboxylic acids is 1. The van der Waals surface area contributed by atoms with Crippen LogP contribution in [0.1, 0.15) is 25.3 Å². The van der Waals surface area contributed by atoms with Crippen molar-refractivity contribution in [3.8, 4) is 0 Å². The Morgan fingerprint density at radius 1 is 1.35 bits per heavy atom. The number of hydrogen-bond acceptors (Lipinski definition) is 4. The topological polar surface area (TPSA) is 67.6 Å². The third kappa shape index (κ3) is 4.24. The maximum atomic E-state index is 12.6. The van der Waals surface area contributed by atoms with Gasteiger partial charge in [-0.1, -0.05) is 18.2 Å². The van der Waals surface area contributed by atoms with Gasteiger partial charge in [0.05, 0.1) is 5.41 Å². The van der Waals surface area contributed by atoms with Crippen LogP contribution in [0.4, 0.5) is 5.69 Å². The number of para-hydroxylation sites is 1. The minimum absolute atomic E-state index is 0.0733. The molecule has 5 nitrogen and oxygen atoms in total. The van der Waals surface area contributed by atoms with E-state index < -0.39 is 5.41 Å². The number of ether oxygens (including phenoxy) is 1. The molecule has 0 aromatic heterocycles. The van der Waals surface area contributed by atoms with E-state index in [1.807, 2.05) is 6.07 Å². The number of nitrogens with two attached hydrogens (primary N) is 1. The Bertz CT molecular complexity index is 513. The summed E-state index contributed by atoms with van der Waals surface area (Å²) in [6, 6.07) is 8.34. The summed E-state index contributed by atoms with van der Waals surface area (Å²) in [7, 11) is 0. The first-order valence-electron chi connectivity index (χ1n) is 8.49. The lowest BCUT2D eigenvalue weighted by Crippen LogP contribution is -2.50. The van der Waals surface area contributed by atoms with E-state index in [2.05, 4.69) is 42.3 Å². The first kappa shape index (κ1) is 17.8. The van der Waals surface area contributed by atoms with Gasteiger partial charge in [0, 0.05) is 45.1 Å². The largest absolute Gasteiger partial charge is 0.381 e. The molecule has 0 bridgehead atoms. The van der Waals surface area contributed by atoms with Crippen molar-refractivity contribution < 1.29 is 9.53 Å². The van der Waals surface area contributed by atoms with E-state index in [4.69, 9.17) is 10.5 Å². The standard InChI is InChI=1S/C18H29N3O2/c1-3-21(16-7-5-4-6-15(16)2)11-10-20-17(22)18(14-19)8-12-23-13-9-18/h4-7H,3,8-14,19H2,1-2H3,(H,20,22). The number of rotatable bonds is 7. The zero-order valence-corrected chi connectivity index (χ0v) is 14.3. The van der Waals surface area contributed by atoms with Gasteiger partial charge in [-0.2, -0.15) is 0 Å². The van der Waals surface area contributed by atoms with Gasteiger partial charge in [0.15, 0.2) is 0 Å². The maximum absolute atomic E-state index is 12.6. The Morgan fingerprint density at radius 3 is 2.65 bits per heavy atom. The van der Waals surface area contributed by atoms with Crippen molar-refractivity contribution in [2.24, 2.45) is 11.1 Å². The first-order valence-corrected chi connectivity index (χ1v) is 8.49. The van der Waals surface area contributed by atoms with E-state index in [9.17, 15) is 4.79 Å². The molecular weight excluding hydrogens is 290 g/mol. The first-order chi connectivity index (χ1) is 11.1. The minimum atomic E-state index is -0.446. The number of carbonyl (C=O) groups is 1. The van der Waals surface area contributed by atoms with Crippen LogP contribution in [0.25, 0.3) is 0 Å². The van der Waals surface area contributed by atoms with Crippen LogP contribution in [0.3, 0.4) is 0 Å². The molecule has 0 saturated carbocycles. The summed E-state index contributed by atoms with van der Waals surface area (Å²) in [5, 5.41) is 3.08. The van der Waals surface area contributed by atoms with Crippen LogP contribution in [0, 0.1) is 12.3 Å².